The molecule has 4 rings (SSSR count). The molecule has 1 heterocycles. The minimum atomic E-state index is -3.95. The Morgan fingerprint density at radius 3 is 2.21 bits per heavy atom. The zero-order valence-corrected chi connectivity index (χ0v) is 24.4. The molecule has 43 heavy (non-hydrogen) atoms. The van der Waals surface area contributed by atoms with Gasteiger partial charge in [0.2, 0.25) is 21.7 Å². The van der Waals surface area contributed by atoms with E-state index in [0.717, 1.165) is 5.56 Å². The first kappa shape index (κ1) is 31.5. The predicted molar refractivity (Wildman–Crippen MR) is 161 cm³/mol. The Labute approximate surface area is 248 Å². The molecule has 8 nitrogen and oxygen atoms in total. The molecule has 0 aliphatic rings. The third-order valence-electron chi connectivity index (χ3n) is 6.55. The highest BCUT2D eigenvalue weighted by Crippen LogP contribution is 2.30. The molecule has 0 saturated heterocycles. The molecule has 0 bridgehead atoms. The highest BCUT2D eigenvalue weighted by molar-refractivity contribution is 7.89. The fourth-order valence-corrected chi connectivity index (χ4v) is 5.39. The number of rotatable bonds is 12. The van der Waals surface area contributed by atoms with Crippen LogP contribution in [0.4, 0.5) is 30.4 Å². The Kier molecular flexibility index (Phi) is 10.0. The number of hydrogen-bond acceptors (Lipinski definition) is 6. The molecule has 0 radical (unpaired) electrons. The van der Waals surface area contributed by atoms with Gasteiger partial charge in [-0.25, -0.2) is 17.9 Å². The van der Waals surface area contributed by atoms with E-state index in [1.807, 2.05) is 19.9 Å². The Balaban J connectivity index is 1.48. The Bertz CT molecular complexity index is 1690. The van der Waals surface area contributed by atoms with E-state index >= 15 is 4.39 Å². The van der Waals surface area contributed by atoms with E-state index in [-0.39, 0.29) is 23.8 Å². The van der Waals surface area contributed by atoms with Gasteiger partial charge in [-0.1, -0.05) is 74.5 Å². The first-order valence-electron chi connectivity index (χ1n) is 13.5. The quantitative estimate of drug-likeness (QED) is 0.140. The molecule has 0 aliphatic heterocycles. The van der Waals surface area contributed by atoms with Crippen molar-refractivity contribution in [3.8, 4) is 11.1 Å². The number of halogens is 3. The Morgan fingerprint density at radius 1 is 0.907 bits per heavy atom. The third kappa shape index (κ3) is 8.33. The van der Waals surface area contributed by atoms with Crippen molar-refractivity contribution >= 4 is 33.1 Å². The van der Waals surface area contributed by atoms with Crippen LogP contribution in [0.2, 0.25) is 0 Å². The topological polar surface area (TPSA) is 126 Å². The van der Waals surface area contributed by atoms with Gasteiger partial charge in [0.05, 0.1) is 4.90 Å². The number of anilines is 3. The Morgan fingerprint density at radius 2 is 1.56 bits per heavy atom. The number of pyridine rings is 1. The van der Waals surface area contributed by atoms with Gasteiger partial charge in [0, 0.05) is 30.3 Å². The number of hydrogen-bond donors (Lipinski definition) is 4. The summed E-state index contributed by atoms with van der Waals surface area (Å²) in [6.07, 6.45) is 0.177. The van der Waals surface area contributed by atoms with Crippen molar-refractivity contribution in [2.24, 2.45) is 11.1 Å². The molecule has 0 fully saturated rings. The first-order valence-corrected chi connectivity index (χ1v) is 15.1. The van der Waals surface area contributed by atoms with Crippen molar-refractivity contribution in [2.75, 3.05) is 16.0 Å². The van der Waals surface area contributed by atoms with Crippen molar-refractivity contribution < 1.29 is 26.4 Å². The highest BCUT2D eigenvalue weighted by Gasteiger charge is 2.25. The standard InChI is InChI=1S/C31H32F3N5O3S/c1-19(2)16-23(38-29-27(32)30(34)39-31(28(29)33)36-18-20-8-4-3-5-9-20)17-26(40)37-22-14-12-21(13-15-22)24-10-6-7-11-25(24)43(35,41)42/h3-15,19,23H,16-18H2,1-2H3,(H,37,40)(H2,35,41,42)(H2,36,38,39)/t23-/m0/s1. The maximum absolute atomic E-state index is 15.3. The van der Waals surface area contributed by atoms with Crippen LogP contribution in [0.5, 0.6) is 0 Å². The van der Waals surface area contributed by atoms with Gasteiger partial charge in [-0.15, -0.1) is 0 Å². The lowest BCUT2D eigenvalue weighted by Crippen LogP contribution is -2.29. The number of sulfonamides is 1. The second-order valence-corrected chi connectivity index (χ2v) is 12.0. The molecule has 0 spiro atoms. The van der Waals surface area contributed by atoms with Gasteiger partial charge in [0.25, 0.3) is 5.95 Å². The molecule has 4 aromatic rings. The summed E-state index contributed by atoms with van der Waals surface area (Å²) in [6.45, 7) is 3.91. The predicted octanol–water partition coefficient (Wildman–Crippen LogP) is 6.28. The van der Waals surface area contributed by atoms with E-state index in [4.69, 9.17) is 5.14 Å². The number of aromatic nitrogens is 1. The third-order valence-corrected chi connectivity index (χ3v) is 7.52. The van der Waals surface area contributed by atoms with E-state index in [0.29, 0.717) is 23.2 Å². The zero-order chi connectivity index (χ0) is 31.1. The summed E-state index contributed by atoms with van der Waals surface area (Å²) < 4.78 is 68.4. The number of nitrogens with zero attached hydrogens (tertiary/aromatic N) is 1. The lowest BCUT2D eigenvalue weighted by atomic mass is 10.00. The van der Waals surface area contributed by atoms with Crippen molar-refractivity contribution in [1.82, 2.24) is 4.98 Å². The molecule has 1 atom stereocenters. The van der Waals surface area contributed by atoms with Crippen LogP contribution in [0.3, 0.4) is 0 Å². The second-order valence-electron chi connectivity index (χ2n) is 10.4. The summed E-state index contributed by atoms with van der Waals surface area (Å²) in [4.78, 5) is 16.3. The minimum Gasteiger partial charge on any atom is -0.377 e. The number of carbonyl (C=O) groups is 1. The monoisotopic (exact) mass is 611 g/mol. The minimum absolute atomic E-state index is 0.0279. The molecule has 0 saturated carbocycles. The van der Waals surface area contributed by atoms with Crippen molar-refractivity contribution in [3.63, 3.8) is 0 Å². The SMILES string of the molecule is CC(C)C[C@@H](CC(=O)Nc1ccc(-c2ccccc2S(N)(=O)=O)cc1)Nc1c(F)c(F)nc(NCc2ccccc2)c1F. The smallest absolute Gasteiger partial charge is 0.253 e. The van der Waals surface area contributed by atoms with Gasteiger partial charge in [-0.2, -0.15) is 13.8 Å². The molecular weight excluding hydrogens is 579 g/mol. The average molecular weight is 612 g/mol. The first-order chi connectivity index (χ1) is 20.4. The van der Waals surface area contributed by atoms with Gasteiger partial charge in [-0.05, 0) is 41.7 Å². The van der Waals surface area contributed by atoms with Crippen LogP contribution >= 0.6 is 0 Å². The summed E-state index contributed by atoms with van der Waals surface area (Å²) in [5, 5.41) is 13.5. The van der Waals surface area contributed by atoms with Crippen LogP contribution in [-0.4, -0.2) is 25.4 Å². The van der Waals surface area contributed by atoms with Crippen molar-refractivity contribution in [2.45, 2.75) is 44.2 Å². The number of nitrogens with two attached hydrogens (primary N) is 1. The van der Waals surface area contributed by atoms with Crippen LogP contribution in [0, 0.1) is 23.5 Å². The van der Waals surface area contributed by atoms with Gasteiger partial charge in [0.15, 0.2) is 11.6 Å². The van der Waals surface area contributed by atoms with Crippen LogP contribution in [0.15, 0.2) is 83.8 Å². The fourth-order valence-electron chi connectivity index (χ4n) is 4.63. The van der Waals surface area contributed by atoms with Crippen LogP contribution < -0.4 is 21.1 Å². The molecule has 226 valence electrons. The van der Waals surface area contributed by atoms with Gasteiger partial charge < -0.3 is 16.0 Å². The maximum Gasteiger partial charge on any atom is 0.253 e. The summed E-state index contributed by atoms with van der Waals surface area (Å²) in [5.74, 6) is -4.92. The lowest BCUT2D eigenvalue weighted by Gasteiger charge is -2.23. The van der Waals surface area contributed by atoms with E-state index < -0.39 is 51.1 Å². The van der Waals surface area contributed by atoms with Crippen LogP contribution in [-0.2, 0) is 21.4 Å². The molecule has 1 amide bonds. The van der Waals surface area contributed by atoms with E-state index in [2.05, 4.69) is 20.9 Å². The van der Waals surface area contributed by atoms with E-state index in [1.165, 1.54) is 6.07 Å². The second kappa shape index (κ2) is 13.7. The average Bonchev–Trinajstić information content (AvgIpc) is 2.96. The summed E-state index contributed by atoms with van der Waals surface area (Å²) in [5.41, 5.74) is 1.49. The van der Waals surface area contributed by atoms with Gasteiger partial charge >= 0.3 is 0 Å². The van der Waals surface area contributed by atoms with E-state index in [1.54, 1.807) is 66.7 Å². The number of carbonyl (C=O) groups excluding carboxylic acids is 1. The number of benzene rings is 3. The highest BCUT2D eigenvalue weighted by atomic mass is 32.2. The lowest BCUT2D eigenvalue weighted by molar-refractivity contribution is -0.116. The maximum atomic E-state index is 15.3. The molecule has 12 heteroatoms. The molecule has 0 aliphatic carbocycles. The van der Waals surface area contributed by atoms with Crippen LogP contribution in [0.1, 0.15) is 32.3 Å². The normalized spacial score (nSPS) is 12.2. The number of nitrogens with one attached hydrogen (secondary N) is 3. The van der Waals surface area contributed by atoms with E-state index in [9.17, 15) is 22.0 Å². The largest absolute Gasteiger partial charge is 0.377 e. The number of amides is 1. The van der Waals surface area contributed by atoms with Crippen LogP contribution in [0.25, 0.3) is 11.1 Å². The van der Waals surface area contributed by atoms with Crippen molar-refractivity contribution in [3.05, 3.63) is 102 Å². The van der Waals surface area contributed by atoms with Gasteiger partial charge in [-0.3, -0.25) is 4.79 Å². The summed E-state index contributed by atoms with van der Waals surface area (Å²) in [6, 6.07) is 21.0. The molecular formula is C31H32F3N5O3S. The number of primary sulfonamides is 1. The van der Waals surface area contributed by atoms with Gasteiger partial charge in [0.1, 0.15) is 5.69 Å². The fraction of sp³-hybridized carbons (Fsp3) is 0.226. The molecule has 5 N–H and O–H groups in total. The summed E-state index contributed by atoms with van der Waals surface area (Å²) in [7, 11) is -3.95. The molecule has 3 aromatic carbocycles. The zero-order valence-electron chi connectivity index (χ0n) is 23.6. The molecule has 0 unspecified atom stereocenters. The van der Waals surface area contributed by atoms with Crippen molar-refractivity contribution in [1.29, 1.82) is 0 Å². The Hall–Kier alpha value is -4.42. The summed E-state index contributed by atoms with van der Waals surface area (Å²) >= 11 is 0. The molecule has 1 aromatic heterocycles.